The van der Waals surface area contributed by atoms with E-state index < -0.39 is 0 Å². The second kappa shape index (κ2) is 8.10. The smallest absolute Gasteiger partial charge is 0.258 e. The molecule has 0 spiro atoms. The highest BCUT2D eigenvalue weighted by molar-refractivity contribution is 7.98. The van der Waals surface area contributed by atoms with Gasteiger partial charge in [0.1, 0.15) is 0 Å². The molecule has 5 rings (SSSR count). The van der Waals surface area contributed by atoms with Crippen molar-refractivity contribution in [2.24, 2.45) is 0 Å². The third-order valence-corrected chi connectivity index (χ3v) is 6.55. The van der Waals surface area contributed by atoms with Gasteiger partial charge in [0.2, 0.25) is 0 Å². The highest BCUT2D eigenvalue weighted by atomic mass is 35.5. The molecule has 0 aliphatic carbocycles. The first-order chi connectivity index (χ1) is 14.7. The Hall–Kier alpha value is -2.87. The van der Waals surface area contributed by atoms with Crippen LogP contribution in [0.5, 0.6) is 0 Å². The number of hydrogen-bond acceptors (Lipinski definition) is 5. The SMILES string of the molecule is O=c1cc(CSc2ncc(-c3ccccc3)n2-c2cccc(Cl)c2)nc2sccn12. The third-order valence-electron chi connectivity index (χ3n) is 4.57. The summed E-state index contributed by atoms with van der Waals surface area (Å²) in [4.78, 5) is 22.2. The summed E-state index contributed by atoms with van der Waals surface area (Å²) in [6.45, 7) is 0. The third kappa shape index (κ3) is 3.67. The molecule has 0 aliphatic heterocycles. The Morgan fingerprint density at radius 1 is 1.07 bits per heavy atom. The minimum atomic E-state index is -0.0694. The normalized spacial score (nSPS) is 11.2. The summed E-state index contributed by atoms with van der Waals surface area (Å²) in [7, 11) is 0. The summed E-state index contributed by atoms with van der Waals surface area (Å²) in [6, 6.07) is 19.4. The summed E-state index contributed by atoms with van der Waals surface area (Å²) >= 11 is 9.25. The summed E-state index contributed by atoms with van der Waals surface area (Å²) < 4.78 is 3.64. The van der Waals surface area contributed by atoms with E-state index in [0.29, 0.717) is 15.7 Å². The van der Waals surface area contributed by atoms with Crippen molar-refractivity contribution in [3.05, 3.63) is 99.5 Å². The fraction of sp³-hybridized carbons (Fsp3) is 0.0455. The molecular weight excluding hydrogens is 436 g/mol. The Bertz CT molecular complexity index is 1390. The predicted octanol–water partition coefficient (Wildman–Crippen LogP) is 5.55. The van der Waals surface area contributed by atoms with Gasteiger partial charge in [0.15, 0.2) is 10.1 Å². The number of rotatable bonds is 5. The lowest BCUT2D eigenvalue weighted by Crippen LogP contribution is -2.12. The number of nitrogens with zero attached hydrogens (tertiary/aromatic N) is 4. The highest BCUT2D eigenvalue weighted by Crippen LogP contribution is 2.32. The number of aromatic nitrogens is 4. The van der Waals surface area contributed by atoms with Gasteiger partial charge in [-0.25, -0.2) is 9.97 Å². The van der Waals surface area contributed by atoms with Gasteiger partial charge in [0.05, 0.1) is 17.6 Å². The molecule has 0 aliphatic rings. The van der Waals surface area contributed by atoms with Crippen LogP contribution in [0.4, 0.5) is 0 Å². The van der Waals surface area contributed by atoms with Crippen molar-refractivity contribution in [3.8, 4) is 16.9 Å². The molecule has 0 atom stereocenters. The molecule has 0 amide bonds. The molecule has 0 unspecified atom stereocenters. The minimum Gasteiger partial charge on any atom is -0.287 e. The van der Waals surface area contributed by atoms with E-state index in [2.05, 4.69) is 26.7 Å². The van der Waals surface area contributed by atoms with E-state index in [9.17, 15) is 4.79 Å². The van der Waals surface area contributed by atoms with E-state index in [1.807, 2.05) is 54.0 Å². The van der Waals surface area contributed by atoms with Gasteiger partial charge in [-0.15, -0.1) is 11.3 Å². The Morgan fingerprint density at radius 3 is 2.77 bits per heavy atom. The van der Waals surface area contributed by atoms with Crippen LogP contribution < -0.4 is 5.56 Å². The number of benzene rings is 2. The van der Waals surface area contributed by atoms with Crippen LogP contribution >= 0.6 is 34.7 Å². The van der Waals surface area contributed by atoms with Crippen LogP contribution in [0.25, 0.3) is 21.9 Å². The lowest BCUT2D eigenvalue weighted by molar-refractivity contribution is 0.899. The van der Waals surface area contributed by atoms with Crippen molar-refractivity contribution in [1.29, 1.82) is 0 Å². The lowest BCUT2D eigenvalue weighted by atomic mass is 10.1. The number of imidazole rings is 1. The standard InChI is InChI=1S/C22H15ClN4OS2/c23-16-7-4-8-18(11-16)27-19(15-5-2-1-3-6-15)13-24-21(27)30-14-17-12-20(28)26-9-10-29-22(26)25-17/h1-13H,14H2. The summed E-state index contributed by atoms with van der Waals surface area (Å²) in [5.41, 5.74) is 3.63. The van der Waals surface area contributed by atoms with Gasteiger partial charge in [0.25, 0.3) is 5.56 Å². The Kier molecular flexibility index (Phi) is 5.16. The van der Waals surface area contributed by atoms with Gasteiger partial charge >= 0.3 is 0 Å². The van der Waals surface area contributed by atoms with Gasteiger partial charge in [-0.1, -0.05) is 59.8 Å². The molecule has 5 aromatic rings. The topological polar surface area (TPSA) is 52.2 Å². The molecule has 148 valence electrons. The fourth-order valence-corrected chi connectivity index (χ4v) is 5.02. The molecule has 2 aromatic carbocycles. The van der Waals surface area contributed by atoms with Crippen molar-refractivity contribution in [1.82, 2.24) is 18.9 Å². The maximum absolute atomic E-state index is 12.3. The predicted molar refractivity (Wildman–Crippen MR) is 123 cm³/mol. The van der Waals surface area contributed by atoms with Gasteiger partial charge in [0, 0.05) is 39.7 Å². The van der Waals surface area contributed by atoms with Gasteiger partial charge in [-0.3, -0.25) is 13.8 Å². The maximum atomic E-state index is 12.3. The van der Waals surface area contributed by atoms with Gasteiger partial charge in [-0.05, 0) is 18.2 Å². The van der Waals surface area contributed by atoms with Crippen LogP contribution in [0.2, 0.25) is 5.02 Å². The molecule has 0 saturated carbocycles. The number of thioether (sulfide) groups is 1. The molecule has 3 heterocycles. The van der Waals surface area contributed by atoms with Crippen LogP contribution in [0.15, 0.2) is 88.4 Å². The Labute approximate surface area is 185 Å². The van der Waals surface area contributed by atoms with Gasteiger partial charge in [-0.2, -0.15) is 0 Å². The van der Waals surface area contributed by atoms with E-state index in [4.69, 9.17) is 11.6 Å². The zero-order valence-electron chi connectivity index (χ0n) is 15.6. The molecule has 30 heavy (non-hydrogen) atoms. The average molecular weight is 451 g/mol. The molecule has 3 aromatic heterocycles. The molecule has 0 N–H and O–H groups in total. The van der Waals surface area contributed by atoms with Gasteiger partial charge < -0.3 is 0 Å². The Balaban J connectivity index is 1.54. The van der Waals surface area contributed by atoms with E-state index in [-0.39, 0.29) is 5.56 Å². The van der Waals surface area contributed by atoms with Crippen LogP contribution in [-0.2, 0) is 5.75 Å². The summed E-state index contributed by atoms with van der Waals surface area (Å²) in [6.07, 6.45) is 3.60. The quantitative estimate of drug-likeness (QED) is 0.329. The number of halogens is 1. The van der Waals surface area contributed by atoms with E-state index in [0.717, 1.165) is 27.8 Å². The van der Waals surface area contributed by atoms with E-state index >= 15 is 0 Å². The first-order valence-corrected chi connectivity index (χ1v) is 11.4. The van der Waals surface area contributed by atoms with Crippen molar-refractivity contribution in [2.45, 2.75) is 10.9 Å². The maximum Gasteiger partial charge on any atom is 0.258 e. The average Bonchev–Trinajstić information content (AvgIpc) is 3.40. The number of thiazole rings is 1. The second-order valence-corrected chi connectivity index (χ2v) is 8.79. The number of fused-ring (bicyclic) bond motifs is 1. The van der Waals surface area contributed by atoms with E-state index in [1.54, 1.807) is 16.7 Å². The molecule has 0 radical (unpaired) electrons. The summed E-state index contributed by atoms with van der Waals surface area (Å²) in [5.74, 6) is 0.537. The number of hydrogen-bond donors (Lipinski definition) is 0. The first-order valence-electron chi connectivity index (χ1n) is 9.17. The first kappa shape index (κ1) is 19.1. The van der Waals surface area contributed by atoms with Crippen molar-refractivity contribution in [3.63, 3.8) is 0 Å². The monoisotopic (exact) mass is 450 g/mol. The van der Waals surface area contributed by atoms with Crippen LogP contribution in [0, 0.1) is 0 Å². The molecule has 0 saturated heterocycles. The molecular formula is C22H15ClN4OS2. The van der Waals surface area contributed by atoms with E-state index in [1.165, 1.54) is 23.1 Å². The van der Waals surface area contributed by atoms with Crippen molar-refractivity contribution in [2.75, 3.05) is 0 Å². The molecule has 0 fully saturated rings. The fourth-order valence-electron chi connectivity index (χ4n) is 3.21. The second-order valence-electron chi connectivity index (χ2n) is 6.54. The van der Waals surface area contributed by atoms with Crippen molar-refractivity contribution >= 4 is 39.7 Å². The highest BCUT2D eigenvalue weighted by Gasteiger charge is 2.15. The largest absolute Gasteiger partial charge is 0.287 e. The van der Waals surface area contributed by atoms with Crippen molar-refractivity contribution < 1.29 is 0 Å². The zero-order valence-corrected chi connectivity index (χ0v) is 18.0. The lowest BCUT2D eigenvalue weighted by Gasteiger charge is -2.12. The van der Waals surface area contributed by atoms with Crippen LogP contribution in [0.1, 0.15) is 5.69 Å². The summed E-state index contributed by atoms with van der Waals surface area (Å²) in [5, 5.41) is 3.33. The van der Waals surface area contributed by atoms with Crippen LogP contribution in [-0.4, -0.2) is 18.9 Å². The molecule has 8 heteroatoms. The molecule has 0 bridgehead atoms. The van der Waals surface area contributed by atoms with Crippen LogP contribution in [0.3, 0.4) is 0 Å². The zero-order chi connectivity index (χ0) is 20.5. The molecule has 5 nitrogen and oxygen atoms in total. The Morgan fingerprint density at radius 2 is 1.93 bits per heavy atom. The minimum absolute atomic E-state index is 0.0694.